The molecule has 0 spiro atoms. The third-order valence-corrected chi connectivity index (χ3v) is 5.23. The molecule has 0 aromatic carbocycles. The number of aryl methyl sites for hydroxylation is 2. The van der Waals surface area contributed by atoms with E-state index in [1.54, 1.807) is 0 Å². The van der Waals surface area contributed by atoms with Crippen molar-refractivity contribution in [3.05, 3.63) is 29.1 Å². The zero-order valence-corrected chi connectivity index (χ0v) is 16.0. The van der Waals surface area contributed by atoms with E-state index in [0.717, 1.165) is 36.2 Å². The number of hydrogen-bond acceptors (Lipinski definition) is 4. The first kappa shape index (κ1) is 18.2. The Hall–Kier alpha value is -1.62. The van der Waals surface area contributed by atoms with Crippen molar-refractivity contribution in [1.82, 2.24) is 9.88 Å². The second-order valence-corrected chi connectivity index (χ2v) is 8.70. The highest BCUT2D eigenvalue weighted by molar-refractivity contribution is 5.69. The number of ether oxygens (including phenoxy) is 1. The molecule has 138 valence electrons. The first-order valence-electron chi connectivity index (χ1n) is 9.27. The van der Waals surface area contributed by atoms with Crippen molar-refractivity contribution in [2.45, 2.75) is 90.0 Å². The molecule has 1 N–H and O–H groups in total. The third-order valence-electron chi connectivity index (χ3n) is 5.23. The number of fused-ring (bicyclic) bond motifs is 2. The van der Waals surface area contributed by atoms with Gasteiger partial charge in [0.1, 0.15) is 5.60 Å². The lowest BCUT2D eigenvalue weighted by atomic mass is 9.72. The molecule has 2 aliphatic heterocycles. The van der Waals surface area contributed by atoms with Crippen molar-refractivity contribution in [3.8, 4) is 0 Å². The summed E-state index contributed by atoms with van der Waals surface area (Å²) in [5.41, 5.74) is 1.37. The molecule has 5 nitrogen and oxygen atoms in total. The number of piperidine rings is 2. The summed E-state index contributed by atoms with van der Waals surface area (Å²) in [6, 6.07) is 4.01. The van der Waals surface area contributed by atoms with Gasteiger partial charge in [0.05, 0.1) is 5.60 Å². The lowest BCUT2D eigenvalue weighted by Gasteiger charge is -2.52. The first-order chi connectivity index (χ1) is 11.6. The summed E-state index contributed by atoms with van der Waals surface area (Å²) in [4.78, 5) is 19.0. The van der Waals surface area contributed by atoms with Crippen LogP contribution in [0.25, 0.3) is 0 Å². The quantitative estimate of drug-likeness (QED) is 0.839. The fraction of sp³-hybridized carbons (Fsp3) is 0.700. The van der Waals surface area contributed by atoms with Crippen LogP contribution in [0.1, 0.15) is 69.8 Å². The highest BCUT2D eigenvalue weighted by Crippen LogP contribution is 2.45. The van der Waals surface area contributed by atoms with Crippen molar-refractivity contribution < 1.29 is 14.6 Å². The molecule has 1 aromatic rings. The number of nitrogens with zero attached hydrogens (tertiary/aromatic N) is 2. The van der Waals surface area contributed by atoms with E-state index in [-0.39, 0.29) is 18.2 Å². The van der Waals surface area contributed by atoms with E-state index in [0.29, 0.717) is 12.8 Å². The Morgan fingerprint density at radius 1 is 1.20 bits per heavy atom. The van der Waals surface area contributed by atoms with Gasteiger partial charge in [0.25, 0.3) is 0 Å². The molecule has 1 amide bonds. The summed E-state index contributed by atoms with van der Waals surface area (Å²) in [6.45, 7) is 9.59. The van der Waals surface area contributed by atoms with E-state index in [4.69, 9.17) is 4.74 Å². The summed E-state index contributed by atoms with van der Waals surface area (Å²) < 4.78 is 5.62. The molecule has 25 heavy (non-hydrogen) atoms. The fourth-order valence-electron chi connectivity index (χ4n) is 4.38. The minimum Gasteiger partial charge on any atom is -0.444 e. The van der Waals surface area contributed by atoms with Crippen LogP contribution >= 0.6 is 0 Å². The minimum absolute atomic E-state index is 0.0288. The van der Waals surface area contributed by atoms with E-state index in [1.165, 1.54) is 0 Å². The van der Waals surface area contributed by atoms with E-state index in [2.05, 4.69) is 4.98 Å². The van der Waals surface area contributed by atoms with Gasteiger partial charge in [-0.25, -0.2) is 4.79 Å². The summed E-state index contributed by atoms with van der Waals surface area (Å²) in [5.74, 6) is 0. The third kappa shape index (κ3) is 3.81. The van der Waals surface area contributed by atoms with Crippen LogP contribution in [0.2, 0.25) is 0 Å². The Kier molecular flexibility index (Phi) is 4.56. The van der Waals surface area contributed by atoms with Gasteiger partial charge in [0, 0.05) is 36.3 Å². The summed E-state index contributed by atoms with van der Waals surface area (Å²) >= 11 is 0. The number of carbonyl (C=O) groups is 1. The zero-order chi connectivity index (χ0) is 18.4. The highest BCUT2D eigenvalue weighted by atomic mass is 16.6. The monoisotopic (exact) mass is 346 g/mol. The number of aliphatic hydroxyl groups is 1. The maximum atomic E-state index is 12.7. The molecule has 3 heterocycles. The Morgan fingerprint density at radius 3 is 2.20 bits per heavy atom. The molecule has 0 radical (unpaired) electrons. The van der Waals surface area contributed by atoms with Gasteiger partial charge in [-0.3, -0.25) is 4.98 Å². The summed E-state index contributed by atoms with van der Waals surface area (Å²) in [5, 5.41) is 11.4. The van der Waals surface area contributed by atoms with Crippen LogP contribution in [-0.4, -0.2) is 38.8 Å². The van der Waals surface area contributed by atoms with Crippen LogP contribution < -0.4 is 0 Å². The molecule has 2 bridgehead atoms. The van der Waals surface area contributed by atoms with Crippen molar-refractivity contribution in [2.24, 2.45) is 0 Å². The molecule has 0 saturated carbocycles. The average molecular weight is 346 g/mol. The van der Waals surface area contributed by atoms with Gasteiger partial charge < -0.3 is 14.7 Å². The molecular weight excluding hydrogens is 316 g/mol. The second kappa shape index (κ2) is 6.27. The molecule has 0 aliphatic carbocycles. The number of amides is 1. The maximum Gasteiger partial charge on any atom is 0.410 e. The second-order valence-electron chi connectivity index (χ2n) is 8.70. The Bertz CT molecular complexity index is 631. The zero-order valence-electron chi connectivity index (χ0n) is 16.0. The normalized spacial score (nSPS) is 29.4. The molecule has 2 fully saturated rings. The average Bonchev–Trinajstić information content (AvgIpc) is 2.43. The number of hydrogen-bond donors (Lipinski definition) is 1. The van der Waals surface area contributed by atoms with Gasteiger partial charge >= 0.3 is 6.09 Å². The largest absolute Gasteiger partial charge is 0.444 e. The molecular formula is C20H30N2O3. The standard InChI is InChI=1S/C20H30N2O3/c1-13-9-15(10-14(2)21-13)20(24)11-16-7-6-8-17(12-20)22(16)18(23)25-19(3,4)5/h9-10,16-17,24H,6-8,11-12H2,1-5H3. The number of pyridine rings is 1. The fourth-order valence-corrected chi connectivity index (χ4v) is 4.38. The molecule has 2 saturated heterocycles. The van der Waals surface area contributed by atoms with Gasteiger partial charge in [-0.1, -0.05) is 0 Å². The van der Waals surface area contributed by atoms with Crippen LogP contribution in [0.4, 0.5) is 4.79 Å². The SMILES string of the molecule is Cc1cc(C2(O)CC3CCCC(C2)N3C(=O)OC(C)(C)C)cc(C)n1. The van der Waals surface area contributed by atoms with E-state index in [9.17, 15) is 9.90 Å². The van der Waals surface area contributed by atoms with E-state index in [1.807, 2.05) is 51.7 Å². The van der Waals surface area contributed by atoms with Crippen molar-refractivity contribution in [2.75, 3.05) is 0 Å². The number of carbonyl (C=O) groups excluding carboxylic acids is 1. The molecule has 3 rings (SSSR count). The van der Waals surface area contributed by atoms with E-state index < -0.39 is 11.2 Å². The first-order valence-corrected chi connectivity index (χ1v) is 9.27. The van der Waals surface area contributed by atoms with Crippen molar-refractivity contribution in [1.29, 1.82) is 0 Å². The van der Waals surface area contributed by atoms with Crippen molar-refractivity contribution in [3.63, 3.8) is 0 Å². The predicted octanol–water partition coefficient (Wildman–Crippen LogP) is 3.84. The predicted molar refractivity (Wildman–Crippen MR) is 96.3 cm³/mol. The minimum atomic E-state index is -0.896. The highest BCUT2D eigenvalue weighted by Gasteiger charge is 2.49. The van der Waals surface area contributed by atoms with Crippen LogP contribution in [0.5, 0.6) is 0 Å². The smallest absolute Gasteiger partial charge is 0.410 e. The van der Waals surface area contributed by atoms with Gasteiger partial charge in [-0.2, -0.15) is 0 Å². The summed E-state index contributed by atoms with van der Waals surface area (Å²) in [6.07, 6.45) is 3.81. The van der Waals surface area contributed by atoms with Crippen LogP contribution in [0.3, 0.4) is 0 Å². The Balaban J connectivity index is 1.86. The molecule has 5 heteroatoms. The van der Waals surface area contributed by atoms with E-state index >= 15 is 0 Å². The maximum absolute atomic E-state index is 12.7. The van der Waals surface area contributed by atoms with Crippen LogP contribution in [-0.2, 0) is 10.3 Å². The molecule has 2 aliphatic rings. The van der Waals surface area contributed by atoms with Crippen molar-refractivity contribution >= 4 is 6.09 Å². The number of aromatic nitrogens is 1. The molecule has 2 unspecified atom stereocenters. The summed E-state index contributed by atoms with van der Waals surface area (Å²) in [7, 11) is 0. The van der Waals surface area contributed by atoms with Gasteiger partial charge in [-0.05, 0) is 71.6 Å². The van der Waals surface area contributed by atoms with Crippen LogP contribution in [0.15, 0.2) is 12.1 Å². The lowest BCUT2D eigenvalue weighted by molar-refractivity contribution is -0.0966. The molecule has 2 atom stereocenters. The molecule has 1 aromatic heterocycles. The lowest BCUT2D eigenvalue weighted by Crippen LogP contribution is -2.59. The topological polar surface area (TPSA) is 62.7 Å². The van der Waals surface area contributed by atoms with Gasteiger partial charge in [-0.15, -0.1) is 0 Å². The Morgan fingerprint density at radius 2 is 1.72 bits per heavy atom. The van der Waals surface area contributed by atoms with Crippen LogP contribution in [0, 0.1) is 13.8 Å². The van der Waals surface area contributed by atoms with Gasteiger partial charge in [0.15, 0.2) is 0 Å². The Labute approximate surface area is 150 Å². The van der Waals surface area contributed by atoms with Gasteiger partial charge in [0.2, 0.25) is 0 Å². The number of rotatable bonds is 1.